The van der Waals surface area contributed by atoms with Crippen LogP contribution in [-0.2, 0) is 6.54 Å². The second-order valence-electron chi connectivity index (χ2n) is 7.63. The first-order valence-corrected chi connectivity index (χ1v) is 9.93. The van der Waals surface area contributed by atoms with Crippen LogP contribution in [0, 0.1) is 0 Å². The fraction of sp³-hybridized carbons (Fsp3) is 0.240. The van der Waals surface area contributed by atoms with Gasteiger partial charge in [0.15, 0.2) is 0 Å². The molecule has 0 N–H and O–H groups in total. The predicted octanol–water partition coefficient (Wildman–Crippen LogP) is 5.92. The molecule has 3 aromatic carbocycles. The Labute approximate surface area is 167 Å². The molecule has 3 nitrogen and oxygen atoms in total. The fourth-order valence-corrected chi connectivity index (χ4v) is 3.77. The summed E-state index contributed by atoms with van der Waals surface area (Å²) >= 11 is 0. The molecule has 2 amide bonds. The second-order valence-corrected chi connectivity index (χ2v) is 7.63. The van der Waals surface area contributed by atoms with E-state index in [-0.39, 0.29) is 6.03 Å². The molecule has 0 bridgehead atoms. The van der Waals surface area contributed by atoms with Crippen molar-refractivity contribution >= 4 is 11.7 Å². The van der Waals surface area contributed by atoms with E-state index >= 15 is 0 Å². The largest absolute Gasteiger partial charge is 0.324 e. The summed E-state index contributed by atoms with van der Waals surface area (Å²) in [6, 6.07) is 27.2. The summed E-state index contributed by atoms with van der Waals surface area (Å²) < 4.78 is 0. The van der Waals surface area contributed by atoms with Crippen molar-refractivity contribution in [2.75, 3.05) is 18.0 Å². The Balaban J connectivity index is 1.53. The molecule has 3 aromatic rings. The number of carbonyl (C=O) groups excluding carboxylic acids is 1. The van der Waals surface area contributed by atoms with Gasteiger partial charge in [-0.25, -0.2) is 4.79 Å². The smallest absolute Gasteiger partial charge is 0.318 e. The molecule has 0 unspecified atom stereocenters. The van der Waals surface area contributed by atoms with E-state index in [1.165, 1.54) is 22.3 Å². The lowest BCUT2D eigenvalue weighted by Crippen LogP contribution is -2.31. The molecule has 0 atom stereocenters. The molecule has 1 heterocycles. The highest BCUT2D eigenvalue weighted by Gasteiger charge is 2.29. The van der Waals surface area contributed by atoms with Crippen LogP contribution in [0.2, 0.25) is 0 Å². The standard InChI is InChI=1S/C25H26N2O/c1-19(2)20-12-14-23(15-13-20)27-17-16-26(25(27)28)18-22-10-6-7-11-24(22)21-8-4-3-5-9-21/h3-15,19H,16-18H2,1-2H3. The van der Waals surface area contributed by atoms with Gasteiger partial charge in [-0.15, -0.1) is 0 Å². The Morgan fingerprint density at radius 3 is 2.21 bits per heavy atom. The van der Waals surface area contributed by atoms with Crippen LogP contribution in [0.15, 0.2) is 78.9 Å². The van der Waals surface area contributed by atoms with Gasteiger partial charge in [0, 0.05) is 25.3 Å². The highest BCUT2D eigenvalue weighted by atomic mass is 16.2. The normalized spacial score (nSPS) is 14.2. The number of nitrogens with zero attached hydrogens (tertiary/aromatic N) is 2. The van der Waals surface area contributed by atoms with Gasteiger partial charge in [0.1, 0.15) is 0 Å². The summed E-state index contributed by atoms with van der Waals surface area (Å²) in [6.45, 7) is 6.47. The highest BCUT2D eigenvalue weighted by Crippen LogP contribution is 2.28. The first kappa shape index (κ1) is 18.3. The number of hydrogen-bond donors (Lipinski definition) is 0. The van der Waals surface area contributed by atoms with Crippen LogP contribution in [-0.4, -0.2) is 24.0 Å². The molecule has 0 saturated carbocycles. The third kappa shape index (κ3) is 3.65. The molecule has 1 fully saturated rings. The van der Waals surface area contributed by atoms with E-state index in [9.17, 15) is 4.79 Å². The molecule has 1 aliphatic heterocycles. The van der Waals surface area contributed by atoms with Crippen molar-refractivity contribution in [1.29, 1.82) is 0 Å². The highest BCUT2D eigenvalue weighted by molar-refractivity contribution is 5.94. The lowest BCUT2D eigenvalue weighted by Gasteiger charge is -2.20. The van der Waals surface area contributed by atoms with E-state index < -0.39 is 0 Å². The number of hydrogen-bond acceptors (Lipinski definition) is 1. The summed E-state index contributed by atoms with van der Waals surface area (Å²) in [4.78, 5) is 16.9. The minimum atomic E-state index is 0.0835. The molecule has 28 heavy (non-hydrogen) atoms. The minimum Gasteiger partial charge on any atom is -0.318 e. The van der Waals surface area contributed by atoms with Gasteiger partial charge in [0.05, 0.1) is 0 Å². The lowest BCUT2D eigenvalue weighted by molar-refractivity contribution is 0.219. The maximum atomic E-state index is 13.0. The third-order valence-electron chi connectivity index (χ3n) is 5.43. The molecular formula is C25H26N2O. The molecule has 142 valence electrons. The topological polar surface area (TPSA) is 23.6 Å². The second kappa shape index (κ2) is 7.89. The molecule has 0 aromatic heterocycles. The summed E-state index contributed by atoms with van der Waals surface area (Å²) in [5.41, 5.74) is 5.83. The Morgan fingerprint density at radius 2 is 1.50 bits per heavy atom. The van der Waals surface area contributed by atoms with Crippen molar-refractivity contribution in [3.63, 3.8) is 0 Å². The van der Waals surface area contributed by atoms with Crippen LogP contribution in [0.1, 0.15) is 30.9 Å². The number of urea groups is 1. The number of amides is 2. The lowest BCUT2D eigenvalue weighted by atomic mass is 9.99. The van der Waals surface area contributed by atoms with Crippen LogP contribution in [0.4, 0.5) is 10.5 Å². The first-order chi connectivity index (χ1) is 13.6. The van der Waals surface area contributed by atoms with E-state index in [0.29, 0.717) is 12.5 Å². The quantitative estimate of drug-likeness (QED) is 0.547. The average molecular weight is 370 g/mol. The van der Waals surface area contributed by atoms with Crippen LogP contribution in [0.25, 0.3) is 11.1 Å². The van der Waals surface area contributed by atoms with Gasteiger partial charge in [-0.3, -0.25) is 4.90 Å². The zero-order chi connectivity index (χ0) is 19.5. The zero-order valence-electron chi connectivity index (χ0n) is 16.5. The summed E-state index contributed by atoms with van der Waals surface area (Å²) in [6.07, 6.45) is 0. The van der Waals surface area contributed by atoms with Gasteiger partial charge in [-0.1, -0.05) is 80.6 Å². The molecule has 3 heteroatoms. The molecule has 0 spiro atoms. The summed E-state index contributed by atoms with van der Waals surface area (Å²) in [5, 5.41) is 0. The first-order valence-electron chi connectivity index (χ1n) is 9.93. The van der Waals surface area contributed by atoms with Crippen LogP contribution < -0.4 is 4.90 Å². The van der Waals surface area contributed by atoms with Gasteiger partial charge in [-0.05, 0) is 40.3 Å². The van der Waals surface area contributed by atoms with E-state index in [0.717, 1.165) is 18.8 Å². The number of carbonyl (C=O) groups is 1. The van der Waals surface area contributed by atoms with Gasteiger partial charge >= 0.3 is 6.03 Å². The Kier molecular flexibility index (Phi) is 5.16. The minimum absolute atomic E-state index is 0.0835. The van der Waals surface area contributed by atoms with E-state index in [1.54, 1.807) is 0 Å². The Hall–Kier alpha value is -3.07. The van der Waals surface area contributed by atoms with Crippen molar-refractivity contribution in [2.24, 2.45) is 0 Å². The van der Waals surface area contributed by atoms with Gasteiger partial charge in [0.25, 0.3) is 0 Å². The molecule has 0 aliphatic carbocycles. The summed E-state index contributed by atoms with van der Waals surface area (Å²) in [7, 11) is 0. The summed E-state index contributed by atoms with van der Waals surface area (Å²) in [5.74, 6) is 0.495. The van der Waals surface area contributed by atoms with Crippen molar-refractivity contribution in [3.05, 3.63) is 90.0 Å². The van der Waals surface area contributed by atoms with E-state index in [1.807, 2.05) is 21.9 Å². The predicted molar refractivity (Wildman–Crippen MR) is 116 cm³/mol. The van der Waals surface area contributed by atoms with Crippen LogP contribution in [0.3, 0.4) is 0 Å². The maximum Gasteiger partial charge on any atom is 0.324 e. The molecule has 1 saturated heterocycles. The molecule has 0 radical (unpaired) electrons. The van der Waals surface area contributed by atoms with Gasteiger partial charge < -0.3 is 4.90 Å². The number of benzene rings is 3. The van der Waals surface area contributed by atoms with Crippen molar-refractivity contribution < 1.29 is 4.79 Å². The molecular weight excluding hydrogens is 344 g/mol. The van der Waals surface area contributed by atoms with Crippen molar-refractivity contribution in [2.45, 2.75) is 26.3 Å². The van der Waals surface area contributed by atoms with E-state index in [2.05, 4.69) is 80.6 Å². The van der Waals surface area contributed by atoms with E-state index in [4.69, 9.17) is 0 Å². The fourth-order valence-electron chi connectivity index (χ4n) is 3.77. The zero-order valence-corrected chi connectivity index (χ0v) is 16.5. The van der Waals surface area contributed by atoms with Crippen LogP contribution >= 0.6 is 0 Å². The maximum absolute atomic E-state index is 13.0. The Morgan fingerprint density at radius 1 is 0.821 bits per heavy atom. The van der Waals surface area contributed by atoms with Crippen molar-refractivity contribution in [3.8, 4) is 11.1 Å². The van der Waals surface area contributed by atoms with Gasteiger partial charge in [0.2, 0.25) is 0 Å². The average Bonchev–Trinajstić information content (AvgIpc) is 3.09. The molecule has 4 rings (SSSR count). The third-order valence-corrected chi connectivity index (χ3v) is 5.43. The van der Waals surface area contributed by atoms with Crippen LogP contribution in [0.5, 0.6) is 0 Å². The molecule has 1 aliphatic rings. The number of rotatable bonds is 5. The van der Waals surface area contributed by atoms with Gasteiger partial charge in [-0.2, -0.15) is 0 Å². The number of anilines is 1. The van der Waals surface area contributed by atoms with Crippen molar-refractivity contribution in [1.82, 2.24) is 4.90 Å². The Bertz CT molecular complexity index is 948. The SMILES string of the molecule is CC(C)c1ccc(N2CCN(Cc3ccccc3-c3ccccc3)C2=O)cc1. The monoisotopic (exact) mass is 370 g/mol.